The van der Waals surface area contributed by atoms with Gasteiger partial charge in [-0.15, -0.1) is 5.10 Å². The third kappa shape index (κ3) is 3.92. The number of ketones is 1. The molecule has 2 aromatic rings. The van der Waals surface area contributed by atoms with E-state index in [1.54, 1.807) is 31.2 Å². The molecule has 6 heteroatoms. The van der Waals surface area contributed by atoms with Crippen molar-refractivity contribution < 1.29 is 13.9 Å². The van der Waals surface area contributed by atoms with Crippen molar-refractivity contribution in [2.45, 2.75) is 12.3 Å². The summed E-state index contributed by atoms with van der Waals surface area (Å²) in [5, 5.41) is 4.38. The average molecular weight is 344 g/mol. The Kier molecular flexibility index (Phi) is 5.93. The van der Waals surface area contributed by atoms with Gasteiger partial charge in [-0.1, -0.05) is 63.8 Å². The van der Waals surface area contributed by atoms with Crippen molar-refractivity contribution in [3.05, 3.63) is 60.2 Å². The molecule has 0 N–H and O–H groups in total. The van der Waals surface area contributed by atoms with E-state index in [1.165, 1.54) is 0 Å². The molecule has 0 aliphatic heterocycles. The number of halogens is 1. The largest absolute Gasteiger partial charge is 0.474 e. The van der Waals surface area contributed by atoms with E-state index in [-0.39, 0.29) is 12.2 Å². The molecule has 0 bridgehead atoms. The van der Waals surface area contributed by atoms with Gasteiger partial charge in [0.1, 0.15) is 0 Å². The summed E-state index contributed by atoms with van der Waals surface area (Å²) in [6.07, 6.45) is 0. The first kappa shape index (κ1) is 18.0. The molecule has 2 aromatic carbocycles. The number of alkyl halides is 1. The van der Waals surface area contributed by atoms with Crippen LogP contribution >= 0.6 is 9.24 Å². The zero-order chi connectivity index (χ0) is 17.6. The van der Waals surface area contributed by atoms with E-state index in [0.717, 1.165) is 11.1 Å². The van der Waals surface area contributed by atoms with E-state index in [2.05, 4.69) is 16.9 Å². The first-order chi connectivity index (χ1) is 11.5. The van der Waals surface area contributed by atoms with Crippen molar-refractivity contribution in [2.75, 3.05) is 6.61 Å². The van der Waals surface area contributed by atoms with Crippen LogP contribution in [-0.2, 0) is 14.9 Å². The summed E-state index contributed by atoms with van der Waals surface area (Å²) in [6.45, 7) is 5.01. The van der Waals surface area contributed by atoms with E-state index in [0.29, 0.717) is 0 Å². The van der Waals surface area contributed by atoms with Gasteiger partial charge < -0.3 is 4.74 Å². The number of benzene rings is 2. The van der Waals surface area contributed by atoms with Crippen LogP contribution in [0.15, 0.2) is 64.8 Å². The highest BCUT2D eigenvalue weighted by Crippen LogP contribution is 2.36. The number of hydrogen-bond acceptors (Lipinski definition) is 4. The number of ether oxygens (including phenoxy) is 1. The lowest BCUT2D eigenvalue weighted by atomic mass is 10.0. The van der Waals surface area contributed by atoms with Crippen LogP contribution in [0, 0.1) is 0 Å². The van der Waals surface area contributed by atoms with Crippen molar-refractivity contribution in [1.29, 1.82) is 0 Å². The van der Waals surface area contributed by atoms with Crippen LogP contribution in [-0.4, -0.2) is 25.0 Å². The van der Waals surface area contributed by atoms with Gasteiger partial charge in [-0.2, -0.15) is 5.10 Å². The Labute approximate surface area is 142 Å². The van der Waals surface area contributed by atoms with Gasteiger partial charge in [0.25, 0.3) is 11.7 Å². The smallest absolute Gasteiger partial charge is 0.281 e. The molecule has 0 amide bonds. The highest BCUT2D eigenvalue weighted by Gasteiger charge is 2.39. The van der Waals surface area contributed by atoms with Gasteiger partial charge in [-0.05, 0) is 18.1 Å². The maximum Gasteiger partial charge on any atom is 0.281 e. The molecule has 0 aliphatic rings. The third-order valence-corrected chi connectivity index (χ3v) is 3.97. The summed E-state index contributed by atoms with van der Waals surface area (Å²) in [4.78, 5) is 12.4. The van der Waals surface area contributed by atoms with Gasteiger partial charge in [-0.25, -0.2) is 4.39 Å². The Morgan fingerprint density at radius 1 is 1.17 bits per heavy atom. The van der Waals surface area contributed by atoms with E-state index >= 15 is 4.39 Å². The van der Waals surface area contributed by atoms with Crippen LogP contribution in [0.5, 0.6) is 0 Å². The Bertz CT molecular complexity index is 743. The van der Waals surface area contributed by atoms with Crippen molar-refractivity contribution in [3.8, 4) is 11.1 Å². The van der Waals surface area contributed by atoms with Gasteiger partial charge in [0, 0.05) is 12.3 Å². The average Bonchev–Trinajstić information content (AvgIpc) is 2.62. The van der Waals surface area contributed by atoms with Crippen LogP contribution in [0.25, 0.3) is 11.1 Å². The van der Waals surface area contributed by atoms with E-state index in [1.807, 2.05) is 39.6 Å². The van der Waals surface area contributed by atoms with Gasteiger partial charge >= 0.3 is 0 Å². The van der Waals surface area contributed by atoms with Crippen LogP contribution in [0.4, 0.5) is 4.39 Å². The topological polar surface area (TPSA) is 51.0 Å². The van der Waals surface area contributed by atoms with Gasteiger partial charge in [-0.3, -0.25) is 4.79 Å². The molecule has 0 spiro atoms. The molecule has 24 heavy (non-hydrogen) atoms. The molecule has 0 saturated carbocycles. The molecule has 2 unspecified atom stereocenters. The van der Waals surface area contributed by atoms with Gasteiger partial charge in [0.2, 0.25) is 5.41 Å². The number of nitrogens with zero attached hydrogens (tertiary/aromatic N) is 2. The Morgan fingerprint density at radius 3 is 2.29 bits per heavy atom. The molecule has 0 radical (unpaired) electrons. The van der Waals surface area contributed by atoms with E-state index < -0.39 is 17.1 Å². The first-order valence-corrected chi connectivity index (χ1v) is 7.93. The predicted octanol–water partition coefficient (Wildman–Crippen LogP) is 3.97. The SMILES string of the molecule is C=N/N=C(\OCC)C(=O)C(F)(P)c1ccc(-c2ccccc2)cc1. The lowest BCUT2D eigenvalue weighted by molar-refractivity contribution is -0.120. The lowest BCUT2D eigenvalue weighted by Crippen LogP contribution is -2.33. The molecule has 124 valence electrons. The normalized spacial score (nSPS) is 13.9. The number of carbonyl (C=O) groups excluding carboxylic acids is 1. The Balaban J connectivity index is 2.30. The van der Waals surface area contributed by atoms with Crippen LogP contribution in [0.1, 0.15) is 12.5 Å². The van der Waals surface area contributed by atoms with Crippen molar-refractivity contribution in [1.82, 2.24) is 0 Å². The highest BCUT2D eigenvalue weighted by atomic mass is 31.0. The summed E-state index contributed by atoms with van der Waals surface area (Å²) in [6, 6.07) is 16.4. The first-order valence-electron chi connectivity index (χ1n) is 7.35. The van der Waals surface area contributed by atoms with Crippen molar-refractivity contribution in [3.63, 3.8) is 0 Å². The fraction of sp³-hybridized carbons (Fsp3) is 0.167. The zero-order valence-corrected chi connectivity index (χ0v) is 14.4. The quantitative estimate of drug-likeness (QED) is 0.345. The zero-order valence-electron chi connectivity index (χ0n) is 13.3. The second-order valence-corrected chi connectivity index (χ2v) is 5.76. The fourth-order valence-corrected chi connectivity index (χ4v) is 2.48. The molecule has 2 rings (SSSR count). The maximum absolute atomic E-state index is 15.0. The monoisotopic (exact) mass is 344 g/mol. The number of rotatable bonds is 6. The standard InChI is InChI=1S/C18H18FN2O2P/c1-3-23-17(21-20-2)16(22)18(19,24)15-11-9-14(10-12-15)13-7-5-4-6-8-13/h4-12H,2-3,24H2,1H3/b21-17-. The second kappa shape index (κ2) is 7.93. The molecule has 0 aromatic heterocycles. The summed E-state index contributed by atoms with van der Waals surface area (Å²) in [7, 11) is 1.92. The second-order valence-electron chi connectivity index (χ2n) is 4.96. The number of carbonyl (C=O) groups is 1. The van der Waals surface area contributed by atoms with E-state index in [4.69, 9.17) is 4.74 Å². The van der Waals surface area contributed by atoms with Crippen LogP contribution < -0.4 is 0 Å². The molecule has 4 nitrogen and oxygen atoms in total. The molecule has 0 saturated heterocycles. The van der Waals surface area contributed by atoms with E-state index in [9.17, 15) is 4.79 Å². The highest BCUT2D eigenvalue weighted by molar-refractivity contribution is 7.20. The van der Waals surface area contributed by atoms with Crippen LogP contribution in [0.2, 0.25) is 0 Å². The lowest BCUT2D eigenvalue weighted by Gasteiger charge is -2.20. The number of Topliss-reactive ketones (excluding diaryl/α,β-unsaturated/α-hetero) is 1. The van der Waals surface area contributed by atoms with Gasteiger partial charge in [0.05, 0.1) is 6.61 Å². The third-order valence-electron chi connectivity index (χ3n) is 3.38. The Hall–Kier alpha value is -2.39. The van der Waals surface area contributed by atoms with Crippen molar-refractivity contribution in [2.24, 2.45) is 10.2 Å². The minimum absolute atomic E-state index is 0.174. The minimum atomic E-state index is -2.35. The summed E-state index contributed by atoms with van der Waals surface area (Å²) in [5.41, 5.74) is 2.13. The summed E-state index contributed by atoms with van der Waals surface area (Å²) in [5.74, 6) is -1.33. The minimum Gasteiger partial charge on any atom is -0.474 e. The number of hydrogen-bond donors (Lipinski definition) is 0. The molecule has 0 aliphatic carbocycles. The summed E-state index contributed by atoms with van der Waals surface area (Å²) >= 11 is 0. The Morgan fingerprint density at radius 2 is 1.75 bits per heavy atom. The maximum atomic E-state index is 15.0. The fourth-order valence-electron chi connectivity index (χ4n) is 2.16. The molecule has 0 heterocycles. The van der Waals surface area contributed by atoms with Crippen molar-refractivity contribution >= 4 is 27.6 Å². The molecular weight excluding hydrogens is 326 g/mol. The van der Waals surface area contributed by atoms with Crippen LogP contribution in [0.3, 0.4) is 0 Å². The summed E-state index contributed by atoms with van der Waals surface area (Å²) < 4.78 is 20.1. The predicted molar refractivity (Wildman–Crippen MR) is 98.0 cm³/mol. The van der Waals surface area contributed by atoms with Gasteiger partial charge in [0.15, 0.2) is 0 Å². The molecular formula is C18H18FN2O2P. The molecule has 2 atom stereocenters. The molecule has 0 fully saturated rings.